The van der Waals surface area contributed by atoms with Gasteiger partial charge in [0.05, 0.1) is 22.3 Å². The molecule has 0 saturated heterocycles. The summed E-state index contributed by atoms with van der Waals surface area (Å²) in [5, 5.41) is 21.0. The molecule has 0 saturated carbocycles. The summed E-state index contributed by atoms with van der Waals surface area (Å²) in [4.78, 5) is 10.4. The molecule has 5 heteroatoms. The second-order valence-electron chi connectivity index (χ2n) is 4.14. The van der Waals surface area contributed by atoms with Crippen LogP contribution in [0.5, 0.6) is 0 Å². The Kier molecular flexibility index (Phi) is 5.47. The van der Waals surface area contributed by atoms with Gasteiger partial charge in [-0.2, -0.15) is 5.26 Å². The molecule has 0 spiro atoms. The number of nitriles is 1. The summed E-state index contributed by atoms with van der Waals surface area (Å²) in [5.74, 6) is -0.779. The highest BCUT2D eigenvalue weighted by atomic mass is 35.5. The lowest BCUT2D eigenvalue weighted by Gasteiger charge is -2.15. The van der Waals surface area contributed by atoms with E-state index in [-0.39, 0.29) is 12.5 Å². The van der Waals surface area contributed by atoms with Crippen molar-refractivity contribution < 1.29 is 9.90 Å². The second kappa shape index (κ2) is 6.87. The van der Waals surface area contributed by atoms with Crippen LogP contribution in [0.3, 0.4) is 0 Å². The fourth-order valence-corrected chi connectivity index (χ4v) is 1.83. The number of nitrogens with one attached hydrogen (secondary N) is 1. The molecule has 4 nitrogen and oxygen atoms in total. The minimum Gasteiger partial charge on any atom is -0.481 e. The van der Waals surface area contributed by atoms with E-state index in [0.717, 1.165) is 12.1 Å². The van der Waals surface area contributed by atoms with E-state index in [4.69, 9.17) is 22.0 Å². The van der Waals surface area contributed by atoms with Crippen molar-refractivity contribution >= 4 is 23.3 Å². The number of rotatable bonds is 6. The van der Waals surface area contributed by atoms with Gasteiger partial charge >= 0.3 is 5.97 Å². The summed E-state index contributed by atoms with van der Waals surface area (Å²) in [6.07, 6.45) is 1.55. The summed E-state index contributed by atoms with van der Waals surface area (Å²) in [5.41, 5.74) is 1.28. The Morgan fingerprint density at radius 1 is 1.61 bits per heavy atom. The standard InChI is InChI=1S/C13H15ClN2O2/c1-9(3-2-4-13(17)18)16-12-6-5-10(8-15)7-11(12)14/h5-7,9,16H,2-4H2,1H3,(H,17,18). The van der Waals surface area contributed by atoms with Gasteiger partial charge in [-0.05, 0) is 38.0 Å². The van der Waals surface area contributed by atoms with Crippen molar-refractivity contribution in [2.45, 2.75) is 32.2 Å². The molecule has 0 heterocycles. The minimum atomic E-state index is -0.779. The van der Waals surface area contributed by atoms with Crippen LogP contribution in [0.15, 0.2) is 18.2 Å². The predicted molar refractivity (Wildman–Crippen MR) is 70.7 cm³/mol. The lowest BCUT2D eigenvalue weighted by Crippen LogP contribution is -2.15. The van der Waals surface area contributed by atoms with Crippen molar-refractivity contribution in [3.63, 3.8) is 0 Å². The maximum absolute atomic E-state index is 10.4. The van der Waals surface area contributed by atoms with Gasteiger partial charge in [0.2, 0.25) is 0 Å². The molecule has 0 aliphatic heterocycles. The first-order valence-corrected chi connectivity index (χ1v) is 6.08. The second-order valence-corrected chi connectivity index (χ2v) is 4.54. The molecule has 0 bridgehead atoms. The van der Waals surface area contributed by atoms with Gasteiger partial charge in [0.15, 0.2) is 0 Å². The van der Waals surface area contributed by atoms with Gasteiger partial charge in [-0.15, -0.1) is 0 Å². The van der Waals surface area contributed by atoms with E-state index in [2.05, 4.69) is 5.32 Å². The van der Waals surface area contributed by atoms with Crippen LogP contribution in [0.2, 0.25) is 5.02 Å². The van der Waals surface area contributed by atoms with Crippen LogP contribution < -0.4 is 5.32 Å². The number of nitrogens with zero attached hydrogens (tertiary/aromatic N) is 1. The van der Waals surface area contributed by atoms with Crippen molar-refractivity contribution in [3.05, 3.63) is 28.8 Å². The third-order valence-electron chi connectivity index (χ3n) is 2.53. The van der Waals surface area contributed by atoms with Crippen molar-refractivity contribution in [2.24, 2.45) is 0 Å². The van der Waals surface area contributed by atoms with E-state index < -0.39 is 5.97 Å². The minimum absolute atomic E-state index is 0.134. The monoisotopic (exact) mass is 266 g/mol. The molecule has 96 valence electrons. The van der Waals surface area contributed by atoms with E-state index in [9.17, 15) is 4.79 Å². The zero-order valence-corrected chi connectivity index (χ0v) is 10.9. The largest absolute Gasteiger partial charge is 0.481 e. The molecule has 1 atom stereocenters. The molecular weight excluding hydrogens is 252 g/mol. The van der Waals surface area contributed by atoms with Crippen LogP contribution in [0, 0.1) is 11.3 Å². The van der Waals surface area contributed by atoms with Crippen LogP contribution in [0.1, 0.15) is 31.7 Å². The maximum atomic E-state index is 10.4. The number of carbonyl (C=O) groups is 1. The van der Waals surface area contributed by atoms with E-state index in [1.165, 1.54) is 0 Å². The summed E-state index contributed by atoms with van der Waals surface area (Å²) in [7, 11) is 0. The molecule has 0 amide bonds. The highest BCUT2D eigenvalue weighted by Gasteiger charge is 2.07. The van der Waals surface area contributed by atoms with Crippen LogP contribution in [0.4, 0.5) is 5.69 Å². The summed E-state index contributed by atoms with van der Waals surface area (Å²) in [6, 6.07) is 7.21. The van der Waals surface area contributed by atoms with Crippen LogP contribution in [-0.4, -0.2) is 17.1 Å². The van der Waals surface area contributed by atoms with Crippen LogP contribution in [0.25, 0.3) is 0 Å². The number of hydrogen-bond donors (Lipinski definition) is 2. The van der Waals surface area contributed by atoms with Gasteiger partial charge in [-0.25, -0.2) is 0 Å². The smallest absolute Gasteiger partial charge is 0.303 e. The molecule has 1 aromatic carbocycles. The molecule has 0 aromatic heterocycles. The Hall–Kier alpha value is -1.73. The lowest BCUT2D eigenvalue weighted by atomic mass is 10.1. The number of benzene rings is 1. The topological polar surface area (TPSA) is 73.1 Å². The number of carboxylic acids is 1. The first-order chi connectivity index (χ1) is 8.52. The van der Waals surface area contributed by atoms with Gasteiger partial charge in [-0.1, -0.05) is 11.6 Å². The van der Waals surface area contributed by atoms with Crippen molar-refractivity contribution in [1.82, 2.24) is 0 Å². The van der Waals surface area contributed by atoms with Crippen LogP contribution in [-0.2, 0) is 4.79 Å². The molecule has 1 unspecified atom stereocenters. The number of halogens is 1. The van der Waals surface area contributed by atoms with Crippen molar-refractivity contribution in [1.29, 1.82) is 5.26 Å². The highest BCUT2D eigenvalue weighted by Crippen LogP contribution is 2.24. The Morgan fingerprint density at radius 2 is 2.33 bits per heavy atom. The normalized spacial score (nSPS) is 11.6. The van der Waals surface area contributed by atoms with Gasteiger partial charge < -0.3 is 10.4 Å². The highest BCUT2D eigenvalue weighted by molar-refractivity contribution is 6.33. The molecule has 1 aromatic rings. The number of aliphatic carboxylic acids is 1. The average Bonchev–Trinajstić information content (AvgIpc) is 2.31. The number of carboxylic acid groups (broad SMARTS) is 1. The van der Waals surface area contributed by atoms with Gasteiger partial charge in [0, 0.05) is 12.5 Å². The summed E-state index contributed by atoms with van der Waals surface area (Å²) >= 11 is 6.03. The Bertz CT molecular complexity index is 469. The SMILES string of the molecule is CC(CCCC(=O)O)Nc1ccc(C#N)cc1Cl. The van der Waals surface area contributed by atoms with E-state index in [0.29, 0.717) is 17.0 Å². The number of hydrogen-bond acceptors (Lipinski definition) is 3. The lowest BCUT2D eigenvalue weighted by molar-refractivity contribution is -0.137. The van der Waals surface area contributed by atoms with E-state index in [1.54, 1.807) is 18.2 Å². The molecular formula is C13H15ClN2O2. The zero-order valence-electron chi connectivity index (χ0n) is 10.1. The van der Waals surface area contributed by atoms with Crippen molar-refractivity contribution in [2.75, 3.05) is 5.32 Å². The Balaban J connectivity index is 2.52. The fourth-order valence-electron chi connectivity index (χ4n) is 1.60. The molecule has 2 N–H and O–H groups in total. The molecule has 18 heavy (non-hydrogen) atoms. The molecule has 1 rings (SSSR count). The Labute approximate surface area is 111 Å². The van der Waals surface area contributed by atoms with E-state index >= 15 is 0 Å². The average molecular weight is 267 g/mol. The quantitative estimate of drug-likeness (QED) is 0.829. The van der Waals surface area contributed by atoms with Gasteiger partial charge in [0.25, 0.3) is 0 Å². The molecule has 0 radical (unpaired) electrons. The van der Waals surface area contributed by atoms with Crippen molar-refractivity contribution in [3.8, 4) is 6.07 Å². The first kappa shape index (κ1) is 14.3. The predicted octanol–water partition coefficient (Wildman–Crippen LogP) is 3.27. The Morgan fingerprint density at radius 3 is 2.89 bits per heavy atom. The van der Waals surface area contributed by atoms with Gasteiger partial charge in [0.1, 0.15) is 0 Å². The third-order valence-corrected chi connectivity index (χ3v) is 2.84. The first-order valence-electron chi connectivity index (χ1n) is 5.71. The summed E-state index contributed by atoms with van der Waals surface area (Å²) < 4.78 is 0. The number of anilines is 1. The summed E-state index contributed by atoms with van der Waals surface area (Å²) in [6.45, 7) is 1.97. The molecule has 0 aliphatic carbocycles. The van der Waals surface area contributed by atoms with Gasteiger partial charge in [-0.3, -0.25) is 4.79 Å². The third kappa shape index (κ3) is 4.64. The fraction of sp³-hybridized carbons (Fsp3) is 0.385. The zero-order chi connectivity index (χ0) is 13.5. The molecule has 0 fully saturated rings. The maximum Gasteiger partial charge on any atom is 0.303 e. The molecule has 0 aliphatic rings. The van der Waals surface area contributed by atoms with Crippen LogP contribution >= 0.6 is 11.6 Å². The van der Waals surface area contributed by atoms with E-state index in [1.807, 2.05) is 13.0 Å².